The van der Waals surface area contributed by atoms with E-state index >= 15 is 0 Å². The Labute approximate surface area is 69.4 Å². The van der Waals surface area contributed by atoms with Crippen molar-refractivity contribution in [3.63, 3.8) is 0 Å². The van der Waals surface area contributed by atoms with Crippen LogP contribution in [0.2, 0.25) is 0 Å². The van der Waals surface area contributed by atoms with Gasteiger partial charge in [0.2, 0.25) is 0 Å². The van der Waals surface area contributed by atoms with Crippen LogP contribution in [0.15, 0.2) is 30.5 Å². The SMILES string of the molecule is Fc1ccc(C2=C[N+]=CN2)cc1. The summed E-state index contributed by atoms with van der Waals surface area (Å²) < 4.78 is 12.5. The van der Waals surface area contributed by atoms with Gasteiger partial charge < -0.3 is 0 Å². The summed E-state index contributed by atoms with van der Waals surface area (Å²) in [5.74, 6) is -0.224. The summed E-state index contributed by atoms with van der Waals surface area (Å²) >= 11 is 0. The van der Waals surface area contributed by atoms with Crippen LogP contribution in [0, 0.1) is 5.82 Å². The number of halogens is 1. The predicted octanol–water partition coefficient (Wildman–Crippen LogP) is 1.09. The molecule has 3 heteroatoms. The summed E-state index contributed by atoms with van der Waals surface area (Å²) in [6.45, 7) is 0. The molecule has 0 fully saturated rings. The van der Waals surface area contributed by atoms with Crippen molar-refractivity contribution in [1.82, 2.24) is 10.3 Å². The summed E-state index contributed by atoms with van der Waals surface area (Å²) in [4.78, 5) is 3.87. The number of aliphatic imine (C=N–C) groups is 1. The molecule has 0 amide bonds. The Morgan fingerprint density at radius 2 is 1.92 bits per heavy atom. The summed E-state index contributed by atoms with van der Waals surface area (Å²) in [6.07, 6.45) is 3.30. The molecule has 2 nitrogen and oxygen atoms in total. The van der Waals surface area contributed by atoms with E-state index in [1.165, 1.54) is 12.1 Å². The maximum atomic E-state index is 12.5. The third-order valence-electron chi connectivity index (χ3n) is 1.65. The minimum atomic E-state index is -0.224. The smallest absolute Gasteiger partial charge is 0.240 e. The van der Waals surface area contributed by atoms with Crippen molar-refractivity contribution >= 4 is 12.0 Å². The van der Waals surface area contributed by atoms with E-state index in [1.54, 1.807) is 24.7 Å². The first kappa shape index (κ1) is 7.03. The van der Waals surface area contributed by atoms with Crippen molar-refractivity contribution in [2.45, 2.75) is 0 Å². The first-order valence-corrected chi connectivity index (χ1v) is 3.60. The Hall–Kier alpha value is -1.64. The zero-order valence-corrected chi connectivity index (χ0v) is 6.29. The van der Waals surface area contributed by atoms with Gasteiger partial charge in [0.25, 0.3) is 6.34 Å². The molecule has 0 atom stereocenters. The van der Waals surface area contributed by atoms with Crippen molar-refractivity contribution in [3.8, 4) is 0 Å². The van der Waals surface area contributed by atoms with Gasteiger partial charge in [-0.2, -0.15) is 0 Å². The zero-order chi connectivity index (χ0) is 8.39. The lowest BCUT2D eigenvalue weighted by Gasteiger charge is -1.95. The Morgan fingerprint density at radius 3 is 2.50 bits per heavy atom. The number of nitrogens with one attached hydrogen (secondary N) is 1. The summed E-state index contributed by atoms with van der Waals surface area (Å²) in [5.41, 5.74) is 1.84. The van der Waals surface area contributed by atoms with Crippen molar-refractivity contribution in [2.24, 2.45) is 0 Å². The van der Waals surface area contributed by atoms with Crippen LogP contribution in [0.1, 0.15) is 5.56 Å². The van der Waals surface area contributed by atoms with E-state index in [4.69, 9.17) is 0 Å². The molecule has 1 aliphatic heterocycles. The van der Waals surface area contributed by atoms with Crippen LogP contribution in [0.5, 0.6) is 0 Å². The molecule has 0 saturated carbocycles. The quantitative estimate of drug-likeness (QED) is 0.657. The topological polar surface area (TPSA) is 26.1 Å². The minimum absolute atomic E-state index is 0.224. The van der Waals surface area contributed by atoms with Gasteiger partial charge in [-0.3, -0.25) is 0 Å². The lowest BCUT2D eigenvalue weighted by Crippen LogP contribution is -2.04. The normalized spacial score (nSPS) is 14.2. The van der Waals surface area contributed by atoms with Crippen LogP contribution < -0.4 is 10.3 Å². The first-order chi connectivity index (χ1) is 5.86. The van der Waals surface area contributed by atoms with Crippen LogP contribution >= 0.6 is 0 Å². The number of nitrogens with zero attached hydrogens (tertiary/aromatic N) is 1. The summed E-state index contributed by atoms with van der Waals surface area (Å²) in [5, 5.41) is 2.94. The molecule has 0 bridgehead atoms. The van der Waals surface area contributed by atoms with Crippen LogP contribution in [-0.4, -0.2) is 6.34 Å². The molecular formula is C9H7FN2+. The Balaban J connectivity index is 2.30. The fraction of sp³-hybridized carbons (Fsp3) is 0. The zero-order valence-electron chi connectivity index (χ0n) is 6.29. The lowest BCUT2D eigenvalue weighted by atomic mass is 10.2. The van der Waals surface area contributed by atoms with E-state index in [9.17, 15) is 4.39 Å². The molecule has 0 spiro atoms. The molecule has 1 heterocycles. The monoisotopic (exact) mass is 162 g/mol. The molecule has 1 aromatic carbocycles. The van der Waals surface area contributed by atoms with Gasteiger partial charge in [-0.25, -0.2) is 9.71 Å². The highest BCUT2D eigenvalue weighted by Gasteiger charge is 2.10. The van der Waals surface area contributed by atoms with E-state index in [0.29, 0.717) is 0 Å². The molecule has 12 heavy (non-hydrogen) atoms. The fourth-order valence-electron chi connectivity index (χ4n) is 1.04. The average molecular weight is 162 g/mol. The number of hydrogen-bond donors (Lipinski definition) is 1. The third-order valence-corrected chi connectivity index (χ3v) is 1.65. The molecule has 1 radical (unpaired) electrons. The van der Waals surface area contributed by atoms with Gasteiger partial charge in [-0.05, 0) is 24.3 Å². The van der Waals surface area contributed by atoms with Crippen molar-refractivity contribution in [3.05, 3.63) is 41.8 Å². The van der Waals surface area contributed by atoms with Crippen molar-refractivity contribution < 1.29 is 4.39 Å². The van der Waals surface area contributed by atoms with E-state index in [0.717, 1.165) is 11.3 Å². The van der Waals surface area contributed by atoms with Gasteiger partial charge in [0.05, 0.1) is 0 Å². The number of benzene rings is 1. The van der Waals surface area contributed by atoms with E-state index in [2.05, 4.69) is 10.3 Å². The maximum absolute atomic E-state index is 12.5. The molecule has 2 rings (SSSR count). The second-order valence-corrected chi connectivity index (χ2v) is 2.47. The largest absolute Gasteiger partial charge is 0.284 e. The maximum Gasteiger partial charge on any atom is 0.284 e. The Morgan fingerprint density at radius 1 is 1.17 bits per heavy atom. The van der Waals surface area contributed by atoms with Gasteiger partial charge in [0.15, 0.2) is 11.9 Å². The van der Waals surface area contributed by atoms with Crippen molar-refractivity contribution in [1.29, 1.82) is 0 Å². The van der Waals surface area contributed by atoms with Gasteiger partial charge in [0.1, 0.15) is 5.82 Å². The standard InChI is InChI=1S/C9H7FN2/c10-8-3-1-7(2-4-8)9-5-11-6-12-9/h1-6,12H/q+1. The average Bonchev–Trinajstić information content (AvgIpc) is 2.58. The van der Waals surface area contributed by atoms with E-state index in [-0.39, 0.29) is 5.82 Å². The number of rotatable bonds is 1. The minimum Gasteiger partial charge on any atom is -0.240 e. The fourth-order valence-corrected chi connectivity index (χ4v) is 1.04. The van der Waals surface area contributed by atoms with Crippen LogP contribution in [0.4, 0.5) is 4.39 Å². The molecule has 1 N–H and O–H groups in total. The Bertz CT molecular complexity index is 338. The highest BCUT2D eigenvalue weighted by molar-refractivity contribution is 5.79. The number of hydrogen-bond acceptors (Lipinski definition) is 2. The van der Waals surface area contributed by atoms with Crippen molar-refractivity contribution in [2.75, 3.05) is 0 Å². The van der Waals surface area contributed by atoms with E-state index < -0.39 is 0 Å². The highest BCUT2D eigenvalue weighted by Crippen LogP contribution is 2.11. The molecular weight excluding hydrogens is 155 g/mol. The molecule has 1 aromatic rings. The van der Waals surface area contributed by atoms with Gasteiger partial charge in [-0.1, -0.05) is 4.99 Å². The third kappa shape index (κ3) is 1.21. The van der Waals surface area contributed by atoms with Crippen LogP contribution in [0.3, 0.4) is 0 Å². The molecule has 0 aliphatic carbocycles. The summed E-state index contributed by atoms with van der Waals surface area (Å²) in [7, 11) is 0. The second kappa shape index (κ2) is 2.77. The van der Waals surface area contributed by atoms with Gasteiger partial charge >= 0.3 is 0 Å². The molecule has 59 valence electrons. The van der Waals surface area contributed by atoms with Gasteiger partial charge in [0, 0.05) is 5.56 Å². The second-order valence-electron chi connectivity index (χ2n) is 2.47. The first-order valence-electron chi connectivity index (χ1n) is 3.60. The lowest BCUT2D eigenvalue weighted by molar-refractivity contribution is 0.627. The Kier molecular flexibility index (Phi) is 1.63. The van der Waals surface area contributed by atoms with Crippen LogP contribution in [-0.2, 0) is 0 Å². The molecule has 0 aromatic heterocycles. The molecule has 0 saturated heterocycles. The molecule has 1 aliphatic rings. The highest BCUT2D eigenvalue weighted by atomic mass is 19.1. The molecule has 0 unspecified atom stereocenters. The predicted molar refractivity (Wildman–Crippen MR) is 45.7 cm³/mol. The van der Waals surface area contributed by atoms with Crippen LogP contribution in [0.25, 0.3) is 5.70 Å². The van der Waals surface area contributed by atoms with E-state index in [1.807, 2.05) is 0 Å². The summed E-state index contributed by atoms with van der Waals surface area (Å²) in [6, 6.07) is 6.28. The van der Waals surface area contributed by atoms with Gasteiger partial charge in [-0.15, -0.1) is 0 Å².